The zero-order chi connectivity index (χ0) is 27.6. The summed E-state index contributed by atoms with van der Waals surface area (Å²) in [6, 6.07) is 30.1. The summed E-state index contributed by atoms with van der Waals surface area (Å²) in [7, 11) is -2.64. The van der Waals surface area contributed by atoms with E-state index in [1.165, 1.54) is 17.0 Å². The third-order valence-electron chi connectivity index (χ3n) is 6.49. The van der Waals surface area contributed by atoms with Crippen LogP contribution in [0.5, 0.6) is 5.75 Å². The van der Waals surface area contributed by atoms with E-state index >= 15 is 0 Å². The first kappa shape index (κ1) is 26.1. The molecule has 0 bridgehead atoms. The number of guanidine groups is 1. The van der Waals surface area contributed by atoms with Crippen molar-refractivity contribution in [2.24, 2.45) is 9.39 Å². The van der Waals surface area contributed by atoms with E-state index in [9.17, 15) is 13.2 Å². The summed E-state index contributed by atoms with van der Waals surface area (Å²) in [5.41, 5.74) is 4.26. The van der Waals surface area contributed by atoms with Gasteiger partial charge in [-0.05, 0) is 61.4 Å². The van der Waals surface area contributed by atoms with Gasteiger partial charge in [0.25, 0.3) is 10.0 Å². The molecule has 0 aliphatic carbocycles. The number of hydrogen-bond acceptors (Lipinski definition) is 4. The van der Waals surface area contributed by atoms with E-state index in [1.54, 1.807) is 43.5 Å². The second-order valence-corrected chi connectivity index (χ2v) is 10.9. The number of sulfonamides is 1. The molecule has 0 saturated carbocycles. The first-order valence-electron chi connectivity index (χ1n) is 12.4. The zero-order valence-electron chi connectivity index (χ0n) is 21.8. The molecule has 196 valence electrons. The molecule has 8 heteroatoms. The van der Waals surface area contributed by atoms with Gasteiger partial charge in [-0.1, -0.05) is 77.9 Å². The number of hydrogen-bond donors (Lipinski definition) is 0. The summed E-state index contributed by atoms with van der Waals surface area (Å²) < 4.78 is 36.2. The molecular weight excluding hydrogens is 510 g/mol. The highest BCUT2D eigenvalue weighted by atomic mass is 32.2. The van der Waals surface area contributed by atoms with Crippen molar-refractivity contribution >= 4 is 33.3 Å². The van der Waals surface area contributed by atoms with Gasteiger partial charge in [-0.3, -0.25) is 4.79 Å². The fourth-order valence-corrected chi connectivity index (χ4v) is 5.29. The number of benzene rings is 4. The molecule has 7 nitrogen and oxygen atoms in total. The Hall–Kier alpha value is -4.56. The van der Waals surface area contributed by atoms with E-state index in [2.05, 4.69) is 4.40 Å². The van der Waals surface area contributed by atoms with Crippen LogP contribution in [0.25, 0.3) is 0 Å². The highest BCUT2D eigenvalue weighted by Gasteiger charge is 2.39. The minimum atomic E-state index is -4.18. The zero-order valence-corrected chi connectivity index (χ0v) is 22.6. The minimum absolute atomic E-state index is 0.0137. The lowest BCUT2D eigenvalue weighted by molar-refractivity contribution is -0.117. The molecule has 0 N–H and O–H groups in total. The average Bonchev–Trinajstić information content (AvgIpc) is 2.94. The van der Waals surface area contributed by atoms with Crippen LogP contribution in [-0.4, -0.2) is 33.1 Å². The van der Waals surface area contributed by atoms with Crippen molar-refractivity contribution in [2.45, 2.75) is 24.7 Å². The summed E-state index contributed by atoms with van der Waals surface area (Å²) >= 11 is 0. The maximum Gasteiger partial charge on any atom is 0.285 e. The van der Waals surface area contributed by atoms with Gasteiger partial charge in [0.1, 0.15) is 11.7 Å². The Bertz CT molecular complexity index is 1660. The predicted octanol–water partition coefficient (Wildman–Crippen LogP) is 5.68. The molecular formula is C31H27N3O4S. The second-order valence-electron chi connectivity index (χ2n) is 9.26. The van der Waals surface area contributed by atoms with Crippen molar-refractivity contribution < 1.29 is 17.9 Å². The fraction of sp³-hybridized carbons (Fsp3) is 0.129. The Morgan fingerprint density at radius 2 is 1.38 bits per heavy atom. The number of ether oxygens (including phenoxy) is 1. The lowest BCUT2D eigenvalue weighted by Crippen LogP contribution is -2.47. The number of carbonyl (C=O) groups excluding carboxylic acids is 1. The number of amides is 1. The predicted molar refractivity (Wildman–Crippen MR) is 153 cm³/mol. The van der Waals surface area contributed by atoms with E-state index < -0.39 is 15.9 Å². The molecule has 0 radical (unpaired) electrons. The number of anilines is 1. The summed E-state index contributed by atoms with van der Waals surface area (Å²) in [4.78, 5) is 20.4. The molecule has 4 aromatic rings. The molecule has 1 aliphatic rings. The van der Waals surface area contributed by atoms with Crippen LogP contribution in [0.2, 0.25) is 0 Å². The van der Waals surface area contributed by atoms with Crippen molar-refractivity contribution in [3.05, 3.63) is 125 Å². The monoisotopic (exact) mass is 537 g/mol. The molecule has 1 unspecified atom stereocenters. The van der Waals surface area contributed by atoms with Crippen LogP contribution in [0, 0.1) is 13.8 Å². The molecule has 0 saturated heterocycles. The Balaban J connectivity index is 1.75. The van der Waals surface area contributed by atoms with Crippen molar-refractivity contribution in [1.82, 2.24) is 0 Å². The average molecular weight is 538 g/mol. The maximum absolute atomic E-state index is 14.4. The quantitative estimate of drug-likeness (QED) is 0.317. The smallest absolute Gasteiger partial charge is 0.285 e. The van der Waals surface area contributed by atoms with Crippen LogP contribution in [0.15, 0.2) is 117 Å². The molecule has 1 aliphatic heterocycles. The molecule has 4 aromatic carbocycles. The van der Waals surface area contributed by atoms with Gasteiger partial charge in [0, 0.05) is 0 Å². The summed E-state index contributed by atoms with van der Waals surface area (Å²) in [5.74, 6) is -0.780. The van der Waals surface area contributed by atoms with Crippen LogP contribution in [0.1, 0.15) is 28.2 Å². The standard InChI is InChI=1S/C31H27N3O4S/c1-21-9-13-23(14-10-21)28-29(24-7-5-4-6-8-24)32-31(33-39(36,37)27-19-11-22(2)12-20-27)34(30(28)35)25-15-17-26(38-3)18-16-25/h4-20,28H,1-3H3/b33-31+. The normalized spacial score (nSPS) is 16.7. The van der Waals surface area contributed by atoms with Gasteiger partial charge in [-0.15, -0.1) is 4.40 Å². The van der Waals surface area contributed by atoms with E-state index in [1.807, 2.05) is 68.4 Å². The molecule has 1 amide bonds. The Labute approximate surface area is 228 Å². The van der Waals surface area contributed by atoms with E-state index in [4.69, 9.17) is 9.73 Å². The molecule has 0 fully saturated rings. The highest BCUT2D eigenvalue weighted by Crippen LogP contribution is 2.33. The Kier molecular flexibility index (Phi) is 7.13. The van der Waals surface area contributed by atoms with Crippen molar-refractivity contribution in [3.8, 4) is 5.75 Å². The Morgan fingerprint density at radius 3 is 1.97 bits per heavy atom. The summed E-state index contributed by atoms with van der Waals surface area (Å²) in [5, 5.41) is 0. The maximum atomic E-state index is 14.4. The molecule has 1 heterocycles. The lowest BCUT2D eigenvalue weighted by Gasteiger charge is -2.32. The topological polar surface area (TPSA) is 88.4 Å². The number of aliphatic imine (C=N–C) groups is 1. The van der Waals surface area contributed by atoms with Crippen molar-refractivity contribution in [3.63, 3.8) is 0 Å². The van der Waals surface area contributed by atoms with Gasteiger partial charge in [-0.25, -0.2) is 9.89 Å². The number of rotatable bonds is 6. The van der Waals surface area contributed by atoms with E-state index in [0.29, 0.717) is 22.7 Å². The van der Waals surface area contributed by atoms with Crippen LogP contribution in [0.4, 0.5) is 5.69 Å². The van der Waals surface area contributed by atoms with Gasteiger partial charge in [0.2, 0.25) is 11.9 Å². The molecule has 39 heavy (non-hydrogen) atoms. The van der Waals surface area contributed by atoms with Crippen LogP contribution >= 0.6 is 0 Å². The van der Waals surface area contributed by atoms with Gasteiger partial charge in [-0.2, -0.15) is 8.42 Å². The van der Waals surface area contributed by atoms with Crippen LogP contribution < -0.4 is 9.64 Å². The molecule has 0 aromatic heterocycles. The second kappa shape index (κ2) is 10.7. The fourth-order valence-electron chi connectivity index (χ4n) is 4.37. The van der Waals surface area contributed by atoms with E-state index in [0.717, 1.165) is 16.7 Å². The minimum Gasteiger partial charge on any atom is -0.497 e. The number of nitrogens with zero attached hydrogens (tertiary/aromatic N) is 3. The Morgan fingerprint density at radius 1 is 0.795 bits per heavy atom. The summed E-state index contributed by atoms with van der Waals surface area (Å²) in [6.45, 7) is 3.85. The lowest BCUT2D eigenvalue weighted by atomic mass is 9.87. The third-order valence-corrected chi connectivity index (χ3v) is 7.76. The molecule has 1 atom stereocenters. The van der Waals surface area contributed by atoms with E-state index in [-0.39, 0.29) is 16.8 Å². The third kappa shape index (κ3) is 5.37. The first-order chi connectivity index (χ1) is 18.8. The van der Waals surface area contributed by atoms with Gasteiger partial charge in [0.05, 0.1) is 23.4 Å². The van der Waals surface area contributed by atoms with Gasteiger partial charge >= 0.3 is 0 Å². The van der Waals surface area contributed by atoms with Gasteiger partial charge in [0.15, 0.2) is 0 Å². The van der Waals surface area contributed by atoms with Crippen molar-refractivity contribution in [2.75, 3.05) is 12.0 Å². The van der Waals surface area contributed by atoms with Crippen molar-refractivity contribution in [1.29, 1.82) is 0 Å². The van der Waals surface area contributed by atoms with Gasteiger partial charge < -0.3 is 4.74 Å². The number of carbonyl (C=O) groups is 1. The molecule has 5 rings (SSSR count). The highest BCUT2D eigenvalue weighted by molar-refractivity contribution is 7.90. The number of methoxy groups -OCH3 is 1. The largest absolute Gasteiger partial charge is 0.497 e. The SMILES string of the molecule is COc1ccc(N2C(=O)C(c3ccc(C)cc3)C(c3ccccc3)=N/C2=N\S(=O)(=O)c2ccc(C)cc2)cc1. The van der Waals surface area contributed by atoms with Crippen LogP contribution in [-0.2, 0) is 14.8 Å². The first-order valence-corrected chi connectivity index (χ1v) is 13.8. The molecule has 0 spiro atoms. The number of aryl methyl sites for hydroxylation is 2. The summed E-state index contributed by atoms with van der Waals surface area (Å²) in [6.07, 6.45) is 0. The van der Waals surface area contributed by atoms with Crippen LogP contribution in [0.3, 0.4) is 0 Å².